The smallest absolute Gasteiger partial charge is 0.223 e. The molecule has 0 aliphatic heterocycles. The number of amides is 1. The fourth-order valence-corrected chi connectivity index (χ4v) is 4.26. The van der Waals surface area contributed by atoms with E-state index in [2.05, 4.69) is 23.5 Å². The zero-order valence-corrected chi connectivity index (χ0v) is 28.7. The monoisotopic (exact) mass is 618 g/mol. The van der Waals surface area contributed by atoms with Crippen molar-refractivity contribution in [1.82, 2.24) is 9.62 Å². The Labute approximate surface area is 258 Å². The molecule has 0 fully saturated rings. The SMILES string of the molecule is CCC(=O)CCOCC(COCCC(=O)CC)(COCCC(=O)C(C)C)NC(=O)CC(C)(C)OCC(C)(C)N(C)SC. The molecule has 0 aliphatic rings. The maximum Gasteiger partial charge on any atom is 0.223 e. The Bertz CT molecular complexity index is 808. The van der Waals surface area contributed by atoms with Gasteiger partial charge in [-0.05, 0) is 41.0 Å². The third-order valence-electron chi connectivity index (χ3n) is 7.04. The first-order chi connectivity index (χ1) is 19.5. The second kappa shape index (κ2) is 20.6. The van der Waals surface area contributed by atoms with Crippen LogP contribution in [0.4, 0.5) is 0 Å². The van der Waals surface area contributed by atoms with Gasteiger partial charge in [-0.1, -0.05) is 39.6 Å². The van der Waals surface area contributed by atoms with Crippen LogP contribution in [0.5, 0.6) is 0 Å². The van der Waals surface area contributed by atoms with Crippen molar-refractivity contribution in [2.75, 3.05) is 59.6 Å². The van der Waals surface area contributed by atoms with Gasteiger partial charge in [-0.2, -0.15) is 0 Å². The van der Waals surface area contributed by atoms with Gasteiger partial charge in [0.1, 0.15) is 22.9 Å². The van der Waals surface area contributed by atoms with Crippen LogP contribution in [0.3, 0.4) is 0 Å². The molecule has 0 unspecified atom stereocenters. The zero-order chi connectivity index (χ0) is 32.4. The fraction of sp³-hybridized carbons (Fsp3) is 0.871. The van der Waals surface area contributed by atoms with Crippen LogP contribution in [-0.2, 0) is 38.1 Å². The predicted octanol–water partition coefficient (Wildman–Crippen LogP) is 4.42. The molecule has 10 nitrogen and oxygen atoms in total. The quantitative estimate of drug-likeness (QED) is 0.110. The molecule has 1 amide bonds. The van der Waals surface area contributed by atoms with Gasteiger partial charge in [0.25, 0.3) is 0 Å². The van der Waals surface area contributed by atoms with Crippen LogP contribution in [0.1, 0.15) is 93.9 Å². The summed E-state index contributed by atoms with van der Waals surface area (Å²) in [7, 11) is 2.00. The van der Waals surface area contributed by atoms with Crippen LogP contribution in [-0.4, -0.2) is 104 Å². The molecule has 0 saturated heterocycles. The lowest BCUT2D eigenvalue weighted by Gasteiger charge is -2.38. The highest BCUT2D eigenvalue weighted by Crippen LogP contribution is 2.24. The molecule has 42 heavy (non-hydrogen) atoms. The van der Waals surface area contributed by atoms with Crippen LogP contribution < -0.4 is 5.32 Å². The number of ketones is 3. The van der Waals surface area contributed by atoms with E-state index in [0.29, 0.717) is 19.4 Å². The molecule has 0 radical (unpaired) electrons. The fourth-order valence-electron chi connectivity index (χ4n) is 3.71. The molecular weight excluding hydrogens is 560 g/mol. The van der Waals surface area contributed by atoms with Crippen molar-refractivity contribution >= 4 is 35.2 Å². The number of carbonyl (C=O) groups excluding carboxylic acids is 4. The lowest BCUT2D eigenvalue weighted by atomic mass is 9.99. The van der Waals surface area contributed by atoms with Crippen LogP contribution in [0.2, 0.25) is 0 Å². The summed E-state index contributed by atoms with van der Waals surface area (Å²) in [5, 5.41) is 3.07. The average Bonchev–Trinajstić information content (AvgIpc) is 2.93. The van der Waals surface area contributed by atoms with E-state index < -0.39 is 11.1 Å². The van der Waals surface area contributed by atoms with Crippen LogP contribution in [0, 0.1) is 5.92 Å². The van der Waals surface area contributed by atoms with Crippen molar-refractivity contribution in [3.8, 4) is 0 Å². The minimum absolute atomic E-state index is 0.0282. The van der Waals surface area contributed by atoms with E-state index >= 15 is 0 Å². The first kappa shape index (κ1) is 40.6. The summed E-state index contributed by atoms with van der Waals surface area (Å²) in [6, 6.07) is 0. The Morgan fingerprint density at radius 3 is 1.64 bits per heavy atom. The summed E-state index contributed by atoms with van der Waals surface area (Å²) in [5.74, 6) is -0.130. The Hall–Kier alpha value is -1.37. The second-order valence-corrected chi connectivity index (χ2v) is 13.3. The average molecular weight is 619 g/mol. The molecule has 0 heterocycles. The van der Waals surface area contributed by atoms with E-state index in [4.69, 9.17) is 18.9 Å². The van der Waals surface area contributed by atoms with Gasteiger partial charge in [0.2, 0.25) is 5.91 Å². The first-order valence-corrected chi connectivity index (χ1v) is 16.2. The molecular formula is C31H58N2O8S. The topological polar surface area (TPSA) is 120 Å². The van der Waals surface area contributed by atoms with Crippen LogP contribution in [0.25, 0.3) is 0 Å². The van der Waals surface area contributed by atoms with Gasteiger partial charge in [-0.15, -0.1) is 0 Å². The normalized spacial score (nSPS) is 12.7. The number of Topliss-reactive ketones (excluding diaryl/α,β-unsaturated/α-hetero) is 3. The molecule has 11 heteroatoms. The summed E-state index contributed by atoms with van der Waals surface area (Å²) in [4.78, 5) is 49.2. The lowest BCUT2D eigenvalue weighted by molar-refractivity contribution is -0.136. The largest absolute Gasteiger partial charge is 0.378 e. The third-order valence-corrected chi connectivity index (χ3v) is 8.09. The van der Waals surface area contributed by atoms with Crippen molar-refractivity contribution < 1.29 is 38.1 Å². The molecule has 0 bridgehead atoms. The highest BCUT2D eigenvalue weighted by Gasteiger charge is 2.36. The lowest BCUT2D eigenvalue weighted by Crippen LogP contribution is -2.59. The Kier molecular flexibility index (Phi) is 19.9. The van der Waals surface area contributed by atoms with Crippen LogP contribution >= 0.6 is 11.9 Å². The minimum Gasteiger partial charge on any atom is -0.378 e. The highest BCUT2D eigenvalue weighted by molar-refractivity contribution is 7.96. The number of likely N-dealkylation sites (N-methyl/N-ethyl adjacent to an activating group) is 1. The number of nitrogens with one attached hydrogen (secondary N) is 1. The molecule has 0 saturated carbocycles. The molecule has 1 N–H and O–H groups in total. The van der Waals surface area contributed by atoms with E-state index in [1.165, 1.54) is 0 Å². The van der Waals surface area contributed by atoms with Crippen molar-refractivity contribution in [3.05, 3.63) is 0 Å². The summed E-state index contributed by atoms with van der Waals surface area (Å²) < 4.78 is 26.0. The Balaban J connectivity index is 5.72. The Morgan fingerprint density at radius 2 is 1.24 bits per heavy atom. The summed E-state index contributed by atoms with van der Waals surface area (Å²) in [6.07, 6.45) is 3.69. The standard InChI is InChI=1S/C31H58N2O8S/c1-11-25(34)13-16-38-21-31(22-39-17-14-26(35)12-2,23-40-18-15-27(36)24(3)4)32-28(37)19-30(7,8)41-20-29(5,6)33(9)42-10/h24H,11-23H2,1-10H3,(H,32,37). The van der Waals surface area contributed by atoms with E-state index in [-0.39, 0.29) is 100 Å². The number of hydrogen-bond acceptors (Lipinski definition) is 10. The van der Waals surface area contributed by atoms with E-state index in [0.717, 1.165) is 0 Å². The van der Waals surface area contributed by atoms with Crippen molar-refractivity contribution in [2.24, 2.45) is 5.92 Å². The molecule has 0 aromatic rings. The zero-order valence-electron chi connectivity index (χ0n) is 27.9. The molecule has 0 aliphatic carbocycles. The van der Waals surface area contributed by atoms with E-state index in [1.54, 1.807) is 25.8 Å². The number of ether oxygens (including phenoxy) is 4. The predicted molar refractivity (Wildman–Crippen MR) is 168 cm³/mol. The van der Waals surface area contributed by atoms with Gasteiger partial charge in [0.15, 0.2) is 0 Å². The first-order valence-electron chi connectivity index (χ1n) is 15.0. The van der Waals surface area contributed by atoms with Gasteiger partial charge in [0, 0.05) is 43.6 Å². The number of rotatable bonds is 26. The number of carbonyl (C=O) groups is 4. The second-order valence-electron chi connectivity index (χ2n) is 12.4. The molecule has 0 spiro atoms. The van der Waals surface area contributed by atoms with E-state index in [9.17, 15) is 19.2 Å². The van der Waals surface area contributed by atoms with Crippen LogP contribution in [0.15, 0.2) is 0 Å². The molecule has 0 atom stereocenters. The third kappa shape index (κ3) is 17.7. The molecule has 0 aromatic heterocycles. The van der Waals surface area contributed by atoms with Gasteiger partial charge in [-0.3, -0.25) is 19.2 Å². The number of nitrogens with zero attached hydrogens (tertiary/aromatic N) is 1. The van der Waals surface area contributed by atoms with Crippen molar-refractivity contribution in [3.63, 3.8) is 0 Å². The van der Waals surface area contributed by atoms with Gasteiger partial charge < -0.3 is 24.3 Å². The minimum atomic E-state index is -1.10. The van der Waals surface area contributed by atoms with Gasteiger partial charge in [0.05, 0.1) is 58.3 Å². The van der Waals surface area contributed by atoms with Gasteiger partial charge >= 0.3 is 0 Å². The number of hydrogen-bond donors (Lipinski definition) is 1. The molecule has 0 aromatic carbocycles. The van der Waals surface area contributed by atoms with Crippen molar-refractivity contribution in [2.45, 2.75) is 111 Å². The maximum absolute atomic E-state index is 13.5. The molecule has 0 rings (SSSR count). The molecule has 246 valence electrons. The maximum atomic E-state index is 13.5. The van der Waals surface area contributed by atoms with E-state index in [1.807, 2.05) is 41.0 Å². The van der Waals surface area contributed by atoms with Gasteiger partial charge in [-0.25, -0.2) is 4.31 Å². The summed E-state index contributed by atoms with van der Waals surface area (Å²) >= 11 is 1.61. The highest BCUT2D eigenvalue weighted by atomic mass is 32.2. The van der Waals surface area contributed by atoms with Crippen molar-refractivity contribution in [1.29, 1.82) is 0 Å². The summed E-state index contributed by atoms with van der Waals surface area (Å²) in [6.45, 7) is 16.3. The Morgan fingerprint density at radius 1 is 0.786 bits per heavy atom. The summed E-state index contributed by atoms with van der Waals surface area (Å²) in [5.41, 5.74) is -2.11.